The molecular formula is C17H25N5O2. The van der Waals surface area contributed by atoms with Crippen molar-refractivity contribution in [3.05, 3.63) is 24.2 Å². The number of rotatable bonds is 5. The molecule has 24 heavy (non-hydrogen) atoms. The Bertz CT molecular complexity index is 712. The second kappa shape index (κ2) is 7.27. The van der Waals surface area contributed by atoms with Crippen LogP contribution in [0.4, 0.5) is 0 Å². The monoisotopic (exact) mass is 331 g/mol. The van der Waals surface area contributed by atoms with Gasteiger partial charge in [0, 0.05) is 39.4 Å². The second-order valence-corrected chi connectivity index (χ2v) is 6.78. The SMILES string of the molecule is CC(C)CN1CCO[C@H](CNC(=O)c2cnc3c(c2)ncn3C)C1. The van der Waals surface area contributed by atoms with Gasteiger partial charge in [0.2, 0.25) is 0 Å². The number of nitrogens with zero attached hydrogens (tertiary/aromatic N) is 4. The molecular weight excluding hydrogens is 306 g/mol. The lowest BCUT2D eigenvalue weighted by atomic mass is 10.1. The molecule has 0 radical (unpaired) electrons. The molecule has 2 aromatic heterocycles. The van der Waals surface area contributed by atoms with Crippen LogP contribution in [0, 0.1) is 5.92 Å². The van der Waals surface area contributed by atoms with Gasteiger partial charge in [-0.3, -0.25) is 9.69 Å². The highest BCUT2D eigenvalue weighted by atomic mass is 16.5. The van der Waals surface area contributed by atoms with E-state index < -0.39 is 0 Å². The van der Waals surface area contributed by atoms with Gasteiger partial charge in [0.05, 0.1) is 24.6 Å². The Morgan fingerprint density at radius 3 is 3.08 bits per heavy atom. The van der Waals surface area contributed by atoms with E-state index in [1.54, 1.807) is 18.6 Å². The molecule has 1 fully saturated rings. The van der Waals surface area contributed by atoms with Crippen molar-refractivity contribution in [1.29, 1.82) is 0 Å². The molecule has 130 valence electrons. The summed E-state index contributed by atoms with van der Waals surface area (Å²) in [4.78, 5) is 23.3. The molecule has 3 rings (SSSR count). The Balaban J connectivity index is 1.56. The van der Waals surface area contributed by atoms with Crippen LogP contribution in [0.5, 0.6) is 0 Å². The van der Waals surface area contributed by atoms with Crippen molar-refractivity contribution in [1.82, 2.24) is 24.8 Å². The number of morpholine rings is 1. The number of carbonyl (C=O) groups is 1. The van der Waals surface area contributed by atoms with E-state index in [0.29, 0.717) is 24.6 Å². The second-order valence-electron chi connectivity index (χ2n) is 6.78. The molecule has 7 nitrogen and oxygen atoms in total. The number of amides is 1. The average Bonchev–Trinajstić information content (AvgIpc) is 2.93. The van der Waals surface area contributed by atoms with Crippen LogP contribution in [-0.2, 0) is 11.8 Å². The molecule has 1 aliphatic rings. The van der Waals surface area contributed by atoms with E-state index in [1.807, 2.05) is 11.6 Å². The van der Waals surface area contributed by atoms with Gasteiger partial charge < -0.3 is 14.6 Å². The summed E-state index contributed by atoms with van der Waals surface area (Å²) in [6, 6.07) is 1.77. The highest BCUT2D eigenvalue weighted by Gasteiger charge is 2.21. The van der Waals surface area contributed by atoms with Crippen molar-refractivity contribution in [3.8, 4) is 0 Å². The van der Waals surface area contributed by atoms with E-state index in [2.05, 4.69) is 34.0 Å². The standard InChI is InChI=1S/C17H25N5O2/c1-12(2)9-22-4-5-24-14(10-22)8-19-17(23)13-6-15-16(18-7-13)21(3)11-20-15/h6-7,11-12,14H,4-5,8-10H2,1-3H3,(H,19,23)/t14-/m1/s1. The molecule has 7 heteroatoms. The predicted octanol–water partition coefficient (Wildman–Crippen LogP) is 1.05. The number of hydrogen-bond acceptors (Lipinski definition) is 5. The van der Waals surface area contributed by atoms with Gasteiger partial charge in [-0.15, -0.1) is 0 Å². The number of imidazole rings is 1. The minimum atomic E-state index is -0.139. The number of fused-ring (bicyclic) bond motifs is 1. The van der Waals surface area contributed by atoms with Gasteiger partial charge in [-0.25, -0.2) is 9.97 Å². The number of aryl methyl sites for hydroxylation is 1. The van der Waals surface area contributed by atoms with E-state index in [4.69, 9.17) is 4.74 Å². The molecule has 0 aromatic carbocycles. The fraction of sp³-hybridized carbons (Fsp3) is 0.588. The van der Waals surface area contributed by atoms with Gasteiger partial charge in [0.1, 0.15) is 5.52 Å². The van der Waals surface area contributed by atoms with Gasteiger partial charge in [0.15, 0.2) is 5.65 Å². The first-order valence-corrected chi connectivity index (χ1v) is 8.42. The first kappa shape index (κ1) is 16.9. The molecule has 1 aliphatic heterocycles. The van der Waals surface area contributed by atoms with E-state index >= 15 is 0 Å². The van der Waals surface area contributed by atoms with E-state index in [9.17, 15) is 4.79 Å². The molecule has 1 N–H and O–H groups in total. The Morgan fingerprint density at radius 2 is 2.29 bits per heavy atom. The van der Waals surface area contributed by atoms with Crippen LogP contribution in [0.25, 0.3) is 11.2 Å². The third-order valence-electron chi connectivity index (χ3n) is 4.15. The Morgan fingerprint density at radius 1 is 1.46 bits per heavy atom. The molecule has 0 unspecified atom stereocenters. The summed E-state index contributed by atoms with van der Waals surface area (Å²) in [6.45, 7) is 8.54. The topological polar surface area (TPSA) is 72.3 Å². The summed E-state index contributed by atoms with van der Waals surface area (Å²) < 4.78 is 7.59. The lowest BCUT2D eigenvalue weighted by Crippen LogP contribution is -2.48. The van der Waals surface area contributed by atoms with Crippen LogP contribution in [-0.4, -0.2) is 64.2 Å². The molecule has 0 bridgehead atoms. The molecule has 1 atom stereocenters. The fourth-order valence-electron chi connectivity index (χ4n) is 3.04. The Hall–Kier alpha value is -1.99. The maximum atomic E-state index is 12.3. The van der Waals surface area contributed by atoms with Gasteiger partial charge >= 0.3 is 0 Å². The fourth-order valence-corrected chi connectivity index (χ4v) is 3.04. The summed E-state index contributed by atoms with van der Waals surface area (Å²) in [7, 11) is 1.88. The number of carbonyl (C=O) groups excluding carboxylic acids is 1. The van der Waals surface area contributed by atoms with Gasteiger partial charge in [-0.05, 0) is 12.0 Å². The van der Waals surface area contributed by atoms with Gasteiger partial charge in [-0.2, -0.15) is 0 Å². The van der Waals surface area contributed by atoms with Crippen molar-refractivity contribution in [2.45, 2.75) is 20.0 Å². The first-order chi connectivity index (χ1) is 11.5. The molecule has 1 saturated heterocycles. The Labute approximate surface area is 142 Å². The van der Waals surface area contributed by atoms with Crippen molar-refractivity contribution in [3.63, 3.8) is 0 Å². The molecule has 3 heterocycles. The summed E-state index contributed by atoms with van der Waals surface area (Å²) in [5.74, 6) is 0.495. The number of nitrogens with one attached hydrogen (secondary N) is 1. The van der Waals surface area contributed by atoms with Crippen molar-refractivity contribution < 1.29 is 9.53 Å². The normalized spacial score (nSPS) is 19.1. The number of hydrogen-bond donors (Lipinski definition) is 1. The maximum absolute atomic E-state index is 12.3. The van der Waals surface area contributed by atoms with Crippen LogP contribution in [0.1, 0.15) is 24.2 Å². The first-order valence-electron chi connectivity index (χ1n) is 8.42. The Kier molecular flexibility index (Phi) is 5.11. The highest BCUT2D eigenvalue weighted by Crippen LogP contribution is 2.11. The zero-order valence-electron chi connectivity index (χ0n) is 14.5. The molecule has 0 saturated carbocycles. The molecule has 0 aliphatic carbocycles. The van der Waals surface area contributed by atoms with E-state index in [-0.39, 0.29) is 12.0 Å². The zero-order valence-corrected chi connectivity index (χ0v) is 14.5. The zero-order chi connectivity index (χ0) is 17.1. The summed E-state index contributed by atoms with van der Waals surface area (Å²) in [5, 5.41) is 2.95. The minimum absolute atomic E-state index is 0.0352. The van der Waals surface area contributed by atoms with E-state index in [1.165, 1.54) is 0 Å². The minimum Gasteiger partial charge on any atom is -0.374 e. The number of pyridine rings is 1. The van der Waals surface area contributed by atoms with Crippen LogP contribution in [0.15, 0.2) is 18.6 Å². The maximum Gasteiger partial charge on any atom is 0.253 e. The average molecular weight is 331 g/mol. The summed E-state index contributed by atoms with van der Waals surface area (Å²) in [6.07, 6.45) is 3.32. The quantitative estimate of drug-likeness (QED) is 0.887. The largest absolute Gasteiger partial charge is 0.374 e. The van der Waals surface area contributed by atoms with Crippen molar-refractivity contribution in [2.24, 2.45) is 13.0 Å². The van der Waals surface area contributed by atoms with Crippen LogP contribution >= 0.6 is 0 Å². The van der Waals surface area contributed by atoms with Crippen LogP contribution < -0.4 is 5.32 Å². The number of ether oxygens (including phenoxy) is 1. The molecule has 0 spiro atoms. The highest BCUT2D eigenvalue weighted by molar-refractivity contribution is 5.96. The van der Waals surface area contributed by atoms with Crippen LogP contribution in [0.3, 0.4) is 0 Å². The third kappa shape index (κ3) is 3.91. The number of aromatic nitrogens is 3. The predicted molar refractivity (Wildman–Crippen MR) is 91.9 cm³/mol. The van der Waals surface area contributed by atoms with Crippen molar-refractivity contribution in [2.75, 3.05) is 32.8 Å². The molecule has 1 amide bonds. The van der Waals surface area contributed by atoms with E-state index in [0.717, 1.165) is 30.8 Å². The summed E-state index contributed by atoms with van der Waals surface area (Å²) >= 11 is 0. The third-order valence-corrected chi connectivity index (χ3v) is 4.15. The summed E-state index contributed by atoms with van der Waals surface area (Å²) in [5.41, 5.74) is 2.02. The van der Waals surface area contributed by atoms with Crippen molar-refractivity contribution >= 4 is 17.1 Å². The smallest absolute Gasteiger partial charge is 0.253 e. The van der Waals surface area contributed by atoms with Gasteiger partial charge in [0.25, 0.3) is 5.91 Å². The lowest BCUT2D eigenvalue weighted by Gasteiger charge is -2.33. The lowest BCUT2D eigenvalue weighted by molar-refractivity contribution is -0.0295. The van der Waals surface area contributed by atoms with Gasteiger partial charge in [-0.1, -0.05) is 13.8 Å². The molecule has 2 aromatic rings. The van der Waals surface area contributed by atoms with Crippen LogP contribution in [0.2, 0.25) is 0 Å².